The Morgan fingerprint density at radius 2 is 2.13 bits per heavy atom. The van der Waals surface area contributed by atoms with Gasteiger partial charge in [-0.15, -0.1) is 0 Å². The number of aromatic nitrogens is 3. The lowest BCUT2D eigenvalue weighted by Crippen LogP contribution is -2.33. The summed E-state index contributed by atoms with van der Waals surface area (Å²) in [5, 5.41) is 16.1. The van der Waals surface area contributed by atoms with Crippen molar-refractivity contribution in [3.63, 3.8) is 0 Å². The second kappa shape index (κ2) is 7.28. The number of carbonyl (C=O) groups is 1. The average Bonchev–Trinajstić information content (AvgIpc) is 2.84. The number of nitrogens with zero attached hydrogens (tertiary/aromatic N) is 3. The van der Waals surface area contributed by atoms with Gasteiger partial charge in [0.15, 0.2) is 17.5 Å². The molecule has 0 aliphatic rings. The third-order valence-electron chi connectivity index (χ3n) is 3.18. The van der Waals surface area contributed by atoms with Crippen molar-refractivity contribution < 1.29 is 18.7 Å². The third-order valence-corrected chi connectivity index (χ3v) is 3.18. The predicted molar refractivity (Wildman–Crippen MR) is 79.4 cm³/mol. The molecule has 1 unspecified atom stereocenters. The van der Waals surface area contributed by atoms with E-state index in [2.05, 4.69) is 15.4 Å². The molecule has 0 bridgehead atoms. The van der Waals surface area contributed by atoms with E-state index in [4.69, 9.17) is 5.11 Å². The van der Waals surface area contributed by atoms with Gasteiger partial charge in [-0.05, 0) is 25.1 Å². The summed E-state index contributed by atoms with van der Waals surface area (Å²) < 4.78 is 27.9. The largest absolute Gasteiger partial charge is 0.394 e. The fourth-order valence-electron chi connectivity index (χ4n) is 2.23. The summed E-state index contributed by atoms with van der Waals surface area (Å²) in [7, 11) is 0. The number of hydrogen-bond donors (Lipinski definition) is 2. The Bertz CT molecular complexity index is 703. The Kier molecular flexibility index (Phi) is 5.38. The normalized spacial score (nSPS) is 12.2. The van der Waals surface area contributed by atoms with E-state index in [9.17, 15) is 13.6 Å². The molecular formula is C15H18F2N4O2. The van der Waals surface area contributed by atoms with Crippen molar-refractivity contribution in [1.82, 2.24) is 20.1 Å². The molecular weight excluding hydrogens is 306 g/mol. The van der Waals surface area contributed by atoms with Gasteiger partial charge in [0.05, 0.1) is 13.2 Å². The summed E-state index contributed by atoms with van der Waals surface area (Å²) in [6, 6.07) is 3.25. The Morgan fingerprint density at radius 3 is 2.74 bits per heavy atom. The molecule has 124 valence electrons. The molecule has 2 aromatic rings. The second-order valence-electron chi connectivity index (χ2n) is 5.23. The Hall–Kier alpha value is -2.35. The Morgan fingerprint density at radius 1 is 1.39 bits per heavy atom. The van der Waals surface area contributed by atoms with Crippen molar-refractivity contribution >= 4 is 5.91 Å². The predicted octanol–water partition coefficient (Wildman–Crippen LogP) is 1.28. The van der Waals surface area contributed by atoms with Crippen LogP contribution in [0.3, 0.4) is 0 Å². The first-order valence-corrected chi connectivity index (χ1v) is 7.17. The lowest BCUT2D eigenvalue weighted by molar-refractivity contribution is -0.119. The van der Waals surface area contributed by atoms with E-state index in [0.717, 1.165) is 12.1 Å². The van der Waals surface area contributed by atoms with Gasteiger partial charge in [-0.1, -0.05) is 0 Å². The topological polar surface area (TPSA) is 80.0 Å². The minimum absolute atomic E-state index is 0.137. The van der Waals surface area contributed by atoms with Gasteiger partial charge < -0.3 is 10.4 Å². The first kappa shape index (κ1) is 17.0. The van der Waals surface area contributed by atoms with E-state index in [-0.39, 0.29) is 30.9 Å². The molecule has 0 saturated heterocycles. The van der Waals surface area contributed by atoms with Gasteiger partial charge in [0.25, 0.3) is 0 Å². The van der Waals surface area contributed by atoms with Crippen LogP contribution < -0.4 is 5.32 Å². The summed E-state index contributed by atoms with van der Waals surface area (Å²) >= 11 is 0. The van der Waals surface area contributed by atoms with Gasteiger partial charge in [-0.2, -0.15) is 5.10 Å². The molecule has 0 aliphatic heterocycles. The maximum Gasteiger partial charge on any atom is 0.217 e. The van der Waals surface area contributed by atoms with Crippen molar-refractivity contribution in [2.24, 2.45) is 0 Å². The number of hydrogen-bond acceptors (Lipinski definition) is 4. The van der Waals surface area contributed by atoms with Gasteiger partial charge >= 0.3 is 0 Å². The molecule has 6 nitrogen and oxygen atoms in total. The molecule has 2 rings (SSSR count). The smallest absolute Gasteiger partial charge is 0.217 e. The zero-order valence-electron chi connectivity index (χ0n) is 12.9. The number of halogens is 2. The molecule has 0 spiro atoms. The van der Waals surface area contributed by atoms with Gasteiger partial charge in [0, 0.05) is 24.9 Å². The van der Waals surface area contributed by atoms with Crippen LogP contribution in [-0.2, 0) is 17.8 Å². The zero-order chi connectivity index (χ0) is 17.0. The van der Waals surface area contributed by atoms with Gasteiger partial charge in [-0.3, -0.25) is 4.79 Å². The van der Waals surface area contributed by atoms with Crippen LogP contribution in [0.5, 0.6) is 0 Å². The van der Waals surface area contributed by atoms with Crippen LogP contribution >= 0.6 is 0 Å². The number of aliphatic hydroxyl groups is 1. The molecule has 1 aromatic heterocycles. The molecule has 0 saturated carbocycles. The summed E-state index contributed by atoms with van der Waals surface area (Å²) in [6.45, 7) is 3.32. The van der Waals surface area contributed by atoms with E-state index >= 15 is 0 Å². The highest BCUT2D eigenvalue weighted by atomic mass is 19.2. The van der Waals surface area contributed by atoms with Crippen LogP contribution in [0.15, 0.2) is 18.2 Å². The standard InChI is InChI=1S/C15H18F2N4O2/c1-9(18-10(2)23)7-14-19-15(20-21(14)5-6-22)11-3-4-12(16)13(17)8-11/h3-4,8-9,22H,5-7H2,1-2H3,(H,18,23). The molecule has 1 amide bonds. The highest BCUT2D eigenvalue weighted by Gasteiger charge is 2.16. The highest BCUT2D eigenvalue weighted by Crippen LogP contribution is 2.19. The Labute approximate surface area is 132 Å². The molecule has 0 fully saturated rings. The van der Waals surface area contributed by atoms with Crippen LogP contribution in [-0.4, -0.2) is 38.4 Å². The molecule has 1 heterocycles. The molecule has 1 atom stereocenters. The summed E-state index contributed by atoms with van der Waals surface area (Å²) in [5.74, 6) is -1.30. The molecule has 0 radical (unpaired) electrons. The van der Waals surface area contributed by atoms with Gasteiger partial charge in [0.1, 0.15) is 5.82 Å². The fraction of sp³-hybridized carbons (Fsp3) is 0.400. The van der Waals surface area contributed by atoms with Crippen LogP contribution in [0.1, 0.15) is 19.7 Å². The summed E-state index contributed by atoms with van der Waals surface area (Å²) in [5.41, 5.74) is 0.342. The van der Waals surface area contributed by atoms with Crippen molar-refractivity contribution in [3.05, 3.63) is 35.7 Å². The summed E-state index contributed by atoms with van der Waals surface area (Å²) in [4.78, 5) is 15.4. The highest BCUT2D eigenvalue weighted by molar-refractivity contribution is 5.73. The number of benzene rings is 1. The second-order valence-corrected chi connectivity index (χ2v) is 5.23. The van der Waals surface area contributed by atoms with Gasteiger partial charge in [0.2, 0.25) is 5.91 Å². The molecule has 2 N–H and O–H groups in total. The third kappa shape index (κ3) is 4.32. The SMILES string of the molecule is CC(=O)NC(C)Cc1nc(-c2ccc(F)c(F)c2)nn1CCO. The fourth-order valence-corrected chi connectivity index (χ4v) is 2.23. The maximum atomic E-state index is 13.3. The van der Waals surface area contributed by atoms with Crippen LogP contribution in [0, 0.1) is 11.6 Å². The summed E-state index contributed by atoms with van der Waals surface area (Å²) in [6.07, 6.45) is 0.399. The van der Waals surface area contributed by atoms with E-state index in [1.807, 2.05) is 6.92 Å². The van der Waals surface area contributed by atoms with E-state index in [1.54, 1.807) is 0 Å². The van der Waals surface area contributed by atoms with Crippen molar-refractivity contribution in [3.8, 4) is 11.4 Å². The zero-order valence-corrected chi connectivity index (χ0v) is 12.9. The maximum absolute atomic E-state index is 13.3. The van der Waals surface area contributed by atoms with E-state index < -0.39 is 11.6 Å². The molecule has 23 heavy (non-hydrogen) atoms. The van der Waals surface area contributed by atoms with Gasteiger partial charge in [-0.25, -0.2) is 18.4 Å². The van der Waals surface area contributed by atoms with Crippen LogP contribution in [0.25, 0.3) is 11.4 Å². The number of aliphatic hydroxyl groups excluding tert-OH is 1. The minimum Gasteiger partial charge on any atom is -0.394 e. The Balaban J connectivity index is 2.29. The van der Waals surface area contributed by atoms with E-state index in [0.29, 0.717) is 17.8 Å². The first-order valence-electron chi connectivity index (χ1n) is 7.17. The van der Waals surface area contributed by atoms with Crippen LogP contribution in [0.2, 0.25) is 0 Å². The van der Waals surface area contributed by atoms with Crippen molar-refractivity contribution in [2.45, 2.75) is 32.9 Å². The van der Waals surface area contributed by atoms with Crippen molar-refractivity contribution in [2.75, 3.05) is 6.61 Å². The minimum atomic E-state index is -0.978. The van der Waals surface area contributed by atoms with E-state index in [1.165, 1.54) is 17.7 Å². The molecule has 8 heteroatoms. The quantitative estimate of drug-likeness (QED) is 0.839. The van der Waals surface area contributed by atoms with Crippen molar-refractivity contribution in [1.29, 1.82) is 0 Å². The average molecular weight is 324 g/mol. The lowest BCUT2D eigenvalue weighted by Gasteiger charge is -2.12. The molecule has 1 aromatic carbocycles. The molecule has 0 aliphatic carbocycles. The monoisotopic (exact) mass is 324 g/mol. The first-order chi connectivity index (χ1) is 10.9. The number of rotatable bonds is 6. The lowest BCUT2D eigenvalue weighted by atomic mass is 10.2. The number of carbonyl (C=O) groups excluding carboxylic acids is 1. The number of nitrogens with one attached hydrogen (secondary N) is 1. The number of amides is 1. The van der Waals surface area contributed by atoms with Crippen LogP contribution in [0.4, 0.5) is 8.78 Å².